The van der Waals surface area contributed by atoms with Gasteiger partial charge >= 0.3 is 0 Å². The van der Waals surface area contributed by atoms with Gasteiger partial charge in [-0.3, -0.25) is 19.5 Å². The quantitative estimate of drug-likeness (QED) is 0.170. The number of nitrogens with one attached hydrogen (secondary N) is 2. The highest BCUT2D eigenvalue weighted by Gasteiger charge is 2.58. The molecule has 10 heteroatoms. The maximum atomic E-state index is 12.6. The smallest absolute Gasteiger partial charge is 0.233 e. The Kier molecular flexibility index (Phi) is 7.40. The van der Waals surface area contributed by atoms with Gasteiger partial charge in [-0.1, -0.05) is 12.2 Å². The van der Waals surface area contributed by atoms with Crippen LogP contribution in [0.25, 0.3) is 0 Å². The number of hydrogen-bond donors (Lipinski definition) is 2. The number of carbonyl (C=O) groups excluding carboxylic acids is 2. The number of aliphatic imine (C=N–C) groups is 1. The van der Waals surface area contributed by atoms with Crippen LogP contribution in [0.3, 0.4) is 0 Å². The van der Waals surface area contributed by atoms with Gasteiger partial charge in [0.25, 0.3) is 0 Å². The van der Waals surface area contributed by atoms with Gasteiger partial charge in [-0.05, 0) is 39.0 Å². The summed E-state index contributed by atoms with van der Waals surface area (Å²) >= 11 is 0. The first kappa shape index (κ1) is 24.1. The van der Waals surface area contributed by atoms with Crippen LogP contribution < -0.4 is 10.6 Å². The number of likely N-dealkylation sites (tertiary alicyclic amines) is 1. The number of rotatable bonds is 6. The Morgan fingerprint density at radius 2 is 1.62 bits per heavy atom. The van der Waals surface area contributed by atoms with E-state index in [1.54, 1.807) is 27.8 Å². The van der Waals surface area contributed by atoms with E-state index in [1.807, 2.05) is 0 Å². The van der Waals surface area contributed by atoms with Gasteiger partial charge in [0.2, 0.25) is 11.8 Å². The highest BCUT2D eigenvalue weighted by Crippen LogP contribution is 2.52. The van der Waals surface area contributed by atoms with Gasteiger partial charge in [-0.2, -0.15) is 0 Å². The molecule has 1 heterocycles. The van der Waals surface area contributed by atoms with Crippen LogP contribution in [0.2, 0.25) is 0 Å². The van der Waals surface area contributed by atoms with Crippen LogP contribution in [0, 0.1) is 23.7 Å². The second-order valence-corrected chi connectivity index (χ2v) is 11.5. The number of guanidine groups is 1. The zero-order chi connectivity index (χ0) is 20.7. The lowest BCUT2D eigenvalue weighted by Crippen LogP contribution is -2.45. The monoisotopic (exact) mass is 538 g/mol. The third-order valence-corrected chi connectivity index (χ3v) is 8.62. The van der Waals surface area contributed by atoms with Crippen LogP contribution in [0.15, 0.2) is 17.1 Å². The average molecular weight is 538 g/mol. The van der Waals surface area contributed by atoms with Crippen molar-refractivity contribution in [2.75, 3.05) is 32.4 Å². The van der Waals surface area contributed by atoms with Gasteiger partial charge in [-0.25, -0.2) is 8.42 Å². The van der Waals surface area contributed by atoms with Gasteiger partial charge in [0.1, 0.15) is 0 Å². The fourth-order valence-corrected chi connectivity index (χ4v) is 5.28. The van der Waals surface area contributed by atoms with Crippen LogP contribution in [0.5, 0.6) is 0 Å². The molecule has 2 aliphatic carbocycles. The molecule has 1 aliphatic heterocycles. The molecule has 1 saturated carbocycles. The molecule has 2 N–H and O–H groups in total. The molecule has 4 atom stereocenters. The molecule has 2 amide bonds. The molecule has 4 unspecified atom stereocenters. The van der Waals surface area contributed by atoms with Crippen molar-refractivity contribution in [1.29, 1.82) is 0 Å². The first-order chi connectivity index (χ1) is 13.1. The van der Waals surface area contributed by atoms with Crippen molar-refractivity contribution in [3.05, 3.63) is 12.2 Å². The van der Waals surface area contributed by atoms with Crippen molar-refractivity contribution >= 4 is 51.6 Å². The first-order valence-electron chi connectivity index (χ1n) is 9.77. The Morgan fingerprint density at radius 1 is 1.10 bits per heavy atom. The second-order valence-electron chi connectivity index (χ2n) is 8.69. The second kappa shape index (κ2) is 8.91. The molecule has 0 radical (unpaired) electrons. The summed E-state index contributed by atoms with van der Waals surface area (Å²) in [5, 5.41) is 6.02. The molecule has 0 aromatic carbocycles. The first-order valence-corrected chi connectivity index (χ1v) is 11.4. The van der Waals surface area contributed by atoms with E-state index < -0.39 is 14.6 Å². The minimum absolute atomic E-state index is 0. The van der Waals surface area contributed by atoms with Crippen molar-refractivity contribution in [3.63, 3.8) is 0 Å². The highest BCUT2D eigenvalue weighted by molar-refractivity contribution is 14.0. The highest BCUT2D eigenvalue weighted by atomic mass is 127. The Bertz CT molecular complexity index is 789. The molecule has 0 spiro atoms. The Hall–Kier alpha value is -1.17. The molecule has 0 aromatic rings. The molecule has 29 heavy (non-hydrogen) atoms. The van der Waals surface area contributed by atoms with Crippen molar-refractivity contribution in [1.82, 2.24) is 15.5 Å². The third-order valence-electron chi connectivity index (χ3n) is 6.01. The number of amides is 2. The summed E-state index contributed by atoms with van der Waals surface area (Å²) in [4.78, 5) is 30.7. The lowest BCUT2D eigenvalue weighted by Gasteiger charge is -2.20. The zero-order valence-corrected chi connectivity index (χ0v) is 20.5. The van der Waals surface area contributed by atoms with Crippen LogP contribution in [-0.2, 0) is 19.4 Å². The van der Waals surface area contributed by atoms with E-state index in [-0.39, 0.29) is 78.3 Å². The van der Waals surface area contributed by atoms with Gasteiger partial charge in [0.05, 0.1) is 22.3 Å². The fraction of sp³-hybridized carbons (Fsp3) is 0.737. The molecule has 2 bridgehead atoms. The van der Waals surface area contributed by atoms with E-state index in [4.69, 9.17) is 0 Å². The molecule has 1 saturated heterocycles. The molecule has 2 fully saturated rings. The Balaban J connectivity index is 0.00000300. The topological polar surface area (TPSA) is 108 Å². The van der Waals surface area contributed by atoms with Crippen LogP contribution in [0.4, 0.5) is 0 Å². The van der Waals surface area contributed by atoms with E-state index in [0.717, 1.165) is 6.42 Å². The summed E-state index contributed by atoms with van der Waals surface area (Å²) in [6, 6.07) is 0. The third kappa shape index (κ3) is 4.62. The molecule has 3 rings (SSSR count). The average Bonchev–Trinajstić information content (AvgIpc) is 3.28. The maximum Gasteiger partial charge on any atom is 0.233 e. The molecular formula is C19H31IN4O4S. The van der Waals surface area contributed by atoms with E-state index in [0.29, 0.717) is 12.5 Å². The number of allylic oxidation sites excluding steroid dienone is 2. The number of fused-ring (bicyclic) bond motifs is 5. The van der Waals surface area contributed by atoms with Crippen LogP contribution >= 0.6 is 24.0 Å². The number of hydrogen-bond acceptors (Lipinski definition) is 5. The number of halogens is 1. The van der Waals surface area contributed by atoms with Crippen molar-refractivity contribution in [3.8, 4) is 0 Å². The molecule has 0 aromatic heterocycles. The number of imide groups is 1. The maximum absolute atomic E-state index is 12.6. The van der Waals surface area contributed by atoms with E-state index in [2.05, 4.69) is 27.8 Å². The lowest BCUT2D eigenvalue weighted by atomic mass is 9.85. The summed E-state index contributed by atoms with van der Waals surface area (Å²) in [5.41, 5.74) is 0. The predicted molar refractivity (Wildman–Crippen MR) is 123 cm³/mol. The lowest BCUT2D eigenvalue weighted by molar-refractivity contribution is -0.140. The van der Waals surface area contributed by atoms with E-state index in [1.165, 1.54) is 4.90 Å². The van der Waals surface area contributed by atoms with Crippen LogP contribution in [0.1, 0.15) is 27.2 Å². The molecular weight excluding hydrogens is 507 g/mol. The molecule has 8 nitrogen and oxygen atoms in total. The van der Waals surface area contributed by atoms with Gasteiger partial charge in [0, 0.05) is 26.7 Å². The summed E-state index contributed by atoms with van der Waals surface area (Å²) in [5.74, 6) is 0.391. The van der Waals surface area contributed by atoms with Crippen LogP contribution in [-0.4, -0.2) is 68.3 Å². The SMILES string of the molecule is CN=C(NCCN1C(=O)C2C3C=CC(C3)C2C1=O)NCCS(=O)(=O)C(C)(C)C.I. The Morgan fingerprint density at radius 3 is 2.10 bits per heavy atom. The standard InChI is InChI=1S/C19H30N4O4S.HI/c1-19(2,3)28(26,27)10-8-22-18(20-4)21-7-9-23-16(24)14-12-5-6-13(11-12)15(14)17(23)25;/h5-6,12-15H,7-11H2,1-4H3,(H2,20,21,22);1H. The van der Waals surface area contributed by atoms with Crippen molar-refractivity contribution < 1.29 is 18.0 Å². The number of sulfone groups is 1. The minimum Gasteiger partial charge on any atom is -0.355 e. The zero-order valence-electron chi connectivity index (χ0n) is 17.3. The molecule has 164 valence electrons. The van der Waals surface area contributed by atoms with Gasteiger partial charge in [0.15, 0.2) is 15.8 Å². The predicted octanol–water partition coefficient (Wildman–Crippen LogP) is 0.790. The summed E-state index contributed by atoms with van der Waals surface area (Å²) in [6.07, 6.45) is 5.08. The van der Waals surface area contributed by atoms with Crippen molar-refractivity contribution in [2.24, 2.45) is 28.7 Å². The number of carbonyl (C=O) groups is 2. The van der Waals surface area contributed by atoms with E-state index >= 15 is 0 Å². The van der Waals surface area contributed by atoms with Crippen molar-refractivity contribution in [2.45, 2.75) is 31.9 Å². The largest absolute Gasteiger partial charge is 0.355 e. The summed E-state index contributed by atoms with van der Waals surface area (Å²) in [6.45, 7) is 5.92. The fourth-order valence-electron chi connectivity index (χ4n) is 4.30. The van der Waals surface area contributed by atoms with E-state index in [9.17, 15) is 18.0 Å². The van der Waals surface area contributed by atoms with Gasteiger partial charge < -0.3 is 10.6 Å². The Labute approximate surface area is 189 Å². The minimum atomic E-state index is -3.21. The van der Waals surface area contributed by atoms with Gasteiger partial charge in [-0.15, -0.1) is 24.0 Å². The summed E-state index contributed by atoms with van der Waals surface area (Å²) < 4.78 is 23.5. The normalized spacial score (nSPS) is 28.6. The number of nitrogens with zero attached hydrogens (tertiary/aromatic N) is 2. The summed E-state index contributed by atoms with van der Waals surface area (Å²) in [7, 11) is -1.62. The molecule has 3 aliphatic rings.